The molecule has 0 spiro atoms. The van der Waals surface area contributed by atoms with E-state index >= 15 is 0 Å². The second-order valence-electron chi connectivity index (χ2n) is 51.6. The van der Waals surface area contributed by atoms with Gasteiger partial charge >= 0.3 is 0 Å². The van der Waals surface area contributed by atoms with Crippen LogP contribution in [0.4, 0.5) is 0 Å². The fourth-order valence-electron chi connectivity index (χ4n) is 15.9. The predicted octanol–water partition coefficient (Wildman–Crippen LogP) is 19.7. The van der Waals surface area contributed by atoms with Crippen molar-refractivity contribution in [2.24, 2.45) is 87.6 Å². The highest BCUT2D eigenvalue weighted by atomic mass is 16.5. The number of amides is 10. The highest BCUT2D eigenvalue weighted by Gasteiger charge is 2.44. The molecule has 0 radical (unpaired) electrons. The van der Waals surface area contributed by atoms with Gasteiger partial charge in [0.1, 0.15) is 6.04 Å². The van der Waals surface area contributed by atoms with Gasteiger partial charge in [0.15, 0.2) is 0 Å². The molecule has 0 aromatic heterocycles. The summed E-state index contributed by atoms with van der Waals surface area (Å²) in [6, 6.07) is -1.10. The minimum atomic E-state index is -1.10. The molecule has 1 saturated heterocycles. The van der Waals surface area contributed by atoms with Crippen LogP contribution >= 0.6 is 0 Å². The molecule has 0 aromatic rings. The lowest BCUT2D eigenvalue weighted by Gasteiger charge is -2.36. The van der Waals surface area contributed by atoms with E-state index in [1.54, 1.807) is 0 Å². The van der Waals surface area contributed by atoms with Crippen molar-refractivity contribution in [3.63, 3.8) is 0 Å². The van der Waals surface area contributed by atoms with Gasteiger partial charge in [0.25, 0.3) is 0 Å². The van der Waals surface area contributed by atoms with Crippen molar-refractivity contribution in [1.82, 2.24) is 47.4 Å². The van der Waals surface area contributed by atoms with Crippen molar-refractivity contribution in [2.75, 3.05) is 118 Å². The Bertz CT molecular complexity index is 3640. The molecule has 1 aliphatic heterocycles. The van der Waals surface area contributed by atoms with Gasteiger partial charge in [0.2, 0.25) is 59.1 Å². The maximum Gasteiger partial charge on any atom is 0.242 e. The summed E-state index contributed by atoms with van der Waals surface area (Å²) >= 11 is 0. The second-order valence-corrected chi connectivity index (χ2v) is 51.6. The normalized spacial score (nSPS) is 15.1. The molecule has 134 heavy (non-hydrogen) atoms. The molecule has 25 nitrogen and oxygen atoms in total. The van der Waals surface area contributed by atoms with Gasteiger partial charge in [-0.2, -0.15) is 0 Å². The Labute approximate surface area is 816 Å². The third kappa shape index (κ3) is 56.4. The summed E-state index contributed by atoms with van der Waals surface area (Å²) in [5.41, 5.74) is -4.74. The van der Waals surface area contributed by atoms with E-state index in [0.717, 1.165) is 70.6 Å². The van der Waals surface area contributed by atoms with Gasteiger partial charge < -0.3 is 71.0 Å². The average Bonchev–Trinajstić information content (AvgIpc) is 1.67. The maximum absolute atomic E-state index is 14.2. The molecule has 10 amide bonds. The van der Waals surface area contributed by atoms with Gasteiger partial charge in [-0.15, -0.1) is 0 Å². The molecule has 25 heteroatoms. The summed E-state index contributed by atoms with van der Waals surface area (Å²) in [4.78, 5) is 136. The maximum atomic E-state index is 14.2. The fraction of sp³-hybridized carbons (Fsp3) is 0.872. The van der Waals surface area contributed by atoms with Crippen LogP contribution in [0.2, 0.25) is 0 Å². The van der Waals surface area contributed by atoms with E-state index in [1.165, 1.54) is 24.2 Å². The van der Waals surface area contributed by atoms with E-state index in [4.69, 9.17) is 28.4 Å². The molecule has 1 heterocycles. The number of nitrogens with zero attached hydrogens (tertiary/aromatic N) is 1. The molecule has 8 N–H and O–H groups in total. The molecular formula is C109H203N9O16. The molecule has 0 bridgehead atoms. The van der Waals surface area contributed by atoms with E-state index in [-0.39, 0.29) is 204 Å². The van der Waals surface area contributed by atoms with Crippen LogP contribution in [0.3, 0.4) is 0 Å². The molecule has 0 aromatic carbocycles. The SMILES string of the molecule is CCCC(CCC)C1CC(=O)N(CCC(=O)NCCOCCOCCC(=O)N[C@@H](CCC(=O)NCC(C)(C)COC(C)(C)CC(=O)NCC(C)(C)COCC(C)(C)CNC(=O)C(C)(C)CCC(C)(C)C/C=C\C(C)(C)CCC(C)(C)CC)C(=O)NCC(C)(C)COCC(C)(C)CC(=O)NCC(C)(C)COC(C)(C)CNC(=O)C(C)(C)CC(C)(C)C/C=C\C(C)(C)CCC(C)(C)CC)C1=O. The minimum Gasteiger partial charge on any atom is -0.380 e. The topological polar surface area (TPSA) is 326 Å². The molecule has 1 aliphatic rings. The lowest BCUT2D eigenvalue weighted by molar-refractivity contribution is -0.140. The zero-order valence-electron chi connectivity index (χ0n) is 92.3. The number of ether oxygens (including phenoxy) is 6. The smallest absolute Gasteiger partial charge is 0.242 e. The van der Waals surface area contributed by atoms with Gasteiger partial charge in [-0.3, -0.25) is 52.8 Å². The Kier molecular flexibility index (Phi) is 52.7. The number of rotatable bonds is 73. The Balaban J connectivity index is 2.95. The van der Waals surface area contributed by atoms with Gasteiger partial charge in [0, 0.05) is 122 Å². The van der Waals surface area contributed by atoms with Crippen LogP contribution < -0.4 is 42.5 Å². The van der Waals surface area contributed by atoms with Crippen molar-refractivity contribution in [2.45, 2.75) is 408 Å². The van der Waals surface area contributed by atoms with Crippen molar-refractivity contribution in [3.8, 4) is 0 Å². The third-order valence-electron chi connectivity index (χ3n) is 26.7. The number of allylic oxidation sites excluding steroid dienone is 4. The largest absolute Gasteiger partial charge is 0.380 e. The first kappa shape index (κ1) is 126. The Morgan fingerprint density at radius 3 is 1.28 bits per heavy atom. The minimum absolute atomic E-state index is 0.00438. The van der Waals surface area contributed by atoms with Gasteiger partial charge in [0.05, 0.1) is 89.6 Å². The van der Waals surface area contributed by atoms with E-state index in [0.29, 0.717) is 63.3 Å². The van der Waals surface area contributed by atoms with Gasteiger partial charge in [-0.25, -0.2) is 0 Å². The molecule has 0 saturated carbocycles. The quantitative estimate of drug-likeness (QED) is 0.0159. The van der Waals surface area contributed by atoms with E-state index in [9.17, 15) is 47.9 Å². The second kappa shape index (κ2) is 56.0. The standard InChI is InChI=1S/C109H203N9O16/c1-37-43-81(44-38-2)82-65-89(124)118(91(82)126)60-47-85(120)110-59-62-130-64-63-129-61-48-86(121)117-83(90(125)114-72-102(21,22)77-131-75-100(17,18)66-87(122)112-71-105(27,28)80-134-109(35,36)74-116-93(128)107(31,32)68-99(15,16)52-42-51-97(11,12)56-54-95(7,8)40-4)45-46-84(119)111-70-104(25,26)79-133-108(33,34)67-88(123)113-69-101(19,20)76-132-78-103(23,24)73-115-92(127)106(29,30)58-57-98(13,14)50-41-49-96(9,10)55-53-94(5,6)39-3/h41-42,49,51,81-83H,37-40,43-48,50,52-80H2,1-36H3,(H,110,120)(H,111,119)(H,112,122)(H,113,123)(H,114,125)(H,115,127)(H,116,128)(H,117,121)/b49-41-,51-42-/t82?,83-/m0/s1. The number of carbonyl (C=O) groups is 10. The van der Waals surface area contributed by atoms with Crippen LogP contribution in [0.15, 0.2) is 24.3 Å². The van der Waals surface area contributed by atoms with Gasteiger partial charge in [-0.1, -0.05) is 272 Å². The predicted molar refractivity (Wildman–Crippen MR) is 546 cm³/mol. The first-order valence-corrected chi connectivity index (χ1v) is 51.1. The van der Waals surface area contributed by atoms with E-state index in [1.807, 2.05) is 125 Å². The van der Waals surface area contributed by atoms with Crippen molar-refractivity contribution in [3.05, 3.63) is 24.3 Å². The first-order chi connectivity index (χ1) is 61.1. The molecule has 1 unspecified atom stereocenters. The molecule has 2 atom stereocenters. The first-order valence-electron chi connectivity index (χ1n) is 51.1. The summed E-state index contributed by atoms with van der Waals surface area (Å²) in [7, 11) is 0. The number of carbonyl (C=O) groups excluding carboxylic acids is 10. The molecule has 1 rings (SSSR count). The van der Waals surface area contributed by atoms with Crippen molar-refractivity contribution < 1.29 is 76.4 Å². The van der Waals surface area contributed by atoms with Crippen LogP contribution in [0.5, 0.6) is 0 Å². The third-order valence-corrected chi connectivity index (χ3v) is 26.7. The Morgan fingerprint density at radius 2 is 0.784 bits per heavy atom. The van der Waals surface area contributed by atoms with Crippen LogP contribution in [0.25, 0.3) is 0 Å². The molecular weight excluding hydrogens is 1690 g/mol. The lowest BCUT2D eigenvalue weighted by atomic mass is 9.72. The average molecular weight is 1900 g/mol. The monoisotopic (exact) mass is 1890 g/mol. The summed E-state index contributed by atoms with van der Waals surface area (Å²) in [5, 5.41) is 24.2. The lowest BCUT2D eigenvalue weighted by Crippen LogP contribution is -2.50. The summed E-state index contributed by atoms with van der Waals surface area (Å²) in [6.45, 7) is 80.5. The highest BCUT2D eigenvalue weighted by Crippen LogP contribution is 2.42. The van der Waals surface area contributed by atoms with E-state index < -0.39 is 67.0 Å². The molecule has 1 fully saturated rings. The van der Waals surface area contributed by atoms with Crippen molar-refractivity contribution in [1.29, 1.82) is 0 Å². The van der Waals surface area contributed by atoms with Gasteiger partial charge in [-0.05, 0) is 149 Å². The Hall–Kier alpha value is -5.86. The number of hydrogen-bond acceptors (Lipinski definition) is 16. The number of imide groups is 1. The fourth-order valence-corrected chi connectivity index (χ4v) is 15.9. The number of likely N-dealkylation sites (tertiary alicyclic amines) is 1. The van der Waals surface area contributed by atoms with Crippen LogP contribution in [-0.2, 0) is 76.4 Å². The van der Waals surface area contributed by atoms with Crippen LogP contribution in [0, 0.1) is 87.6 Å². The van der Waals surface area contributed by atoms with Crippen molar-refractivity contribution >= 4 is 59.1 Å². The Morgan fingerprint density at radius 1 is 0.373 bits per heavy atom. The van der Waals surface area contributed by atoms with E-state index in [2.05, 4.69) is 191 Å². The number of hydrogen-bond donors (Lipinski definition) is 8. The van der Waals surface area contributed by atoms with Crippen LogP contribution in [0.1, 0.15) is 391 Å². The zero-order chi connectivity index (χ0) is 103. The summed E-state index contributed by atoms with van der Waals surface area (Å²) < 4.78 is 36.8. The summed E-state index contributed by atoms with van der Waals surface area (Å²) in [5.74, 6) is -2.49. The highest BCUT2D eigenvalue weighted by molar-refractivity contribution is 6.04. The molecule has 780 valence electrons. The number of nitrogens with one attached hydrogen (secondary N) is 8. The zero-order valence-corrected chi connectivity index (χ0v) is 92.3. The summed E-state index contributed by atoms with van der Waals surface area (Å²) in [6.07, 6.45) is 24.5. The van der Waals surface area contributed by atoms with Crippen LogP contribution in [-0.4, -0.2) is 200 Å². The molecule has 0 aliphatic carbocycles.